The molecule has 4 aromatic carbocycles. The van der Waals surface area contributed by atoms with E-state index in [1.165, 1.54) is 36.4 Å². The molecule has 0 aliphatic carbocycles. The average molecular weight is 568 g/mol. The Morgan fingerprint density at radius 2 is 1.71 bits per heavy atom. The number of benzene rings is 4. The molecule has 0 aromatic heterocycles. The zero-order chi connectivity index (χ0) is 29.6. The average Bonchev–Trinajstić information content (AvgIpc) is 2.99. The monoisotopic (exact) mass is 567 g/mol. The third kappa shape index (κ3) is 5.97. The van der Waals surface area contributed by atoms with Gasteiger partial charge in [0.1, 0.15) is 41.3 Å². The van der Waals surface area contributed by atoms with Crippen LogP contribution in [0.3, 0.4) is 0 Å². The van der Waals surface area contributed by atoms with E-state index in [1.807, 2.05) is 0 Å². The van der Waals surface area contributed by atoms with Crippen molar-refractivity contribution in [2.75, 3.05) is 6.61 Å². The highest BCUT2D eigenvalue weighted by molar-refractivity contribution is 5.74. The summed E-state index contributed by atoms with van der Waals surface area (Å²) in [5, 5.41) is 21.0. The molecule has 1 aliphatic rings. The molecule has 42 heavy (non-hydrogen) atoms. The number of ether oxygens (including phenoxy) is 4. The van der Waals surface area contributed by atoms with Crippen LogP contribution in [0.5, 0.6) is 23.0 Å². The second-order valence-electron chi connectivity index (χ2n) is 9.06. The van der Waals surface area contributed by atoms with Gasteiger partial charge in [-0.2, -0.15) is 5.26 Å². The Bertz CT molecular complexity index is 1730. The minimum atomic E-state index is -0.798. The number of carbonyl (C=O) groups excluding carboxylic acids is 1. The number of allylic oxidation sites excluding steroid dienone is 1. The molecule has 0 saturated carbocycles. The molecule has 1 aliphatic heterocycles. The van der Waals surface area contributed by atoms with Gasteiger partial charge in [-0.3, -0.25) is 10.1 Å². The number of nitriles is 1. The molecule has 1 atom stereocenters. The van der Waals surface area contributed by atoms with Gasteiger partial charge in [0.15, 0.2) is 12.4 Å². The second-order valence-corrected chi connectivity index (χ2v) is 9.06. The molecule has 1 heterocycles. The first kappa shape index (κ1) is 27.7. The predicted octanol–water partition coefficient (Wildman–Crippen LogP) is 5.52. The third-order valence-electron chi connectivity index (χ3n) is 6.40. The number of halogens is 1. The quantitative estimate of drug-likeness (QED) is 0.120. The van der Waals surface area contributed by atoms with Crippen molar-refractivity contribution in [1.29, 1.82) is 5.26 Å². The number of nitrogens with two attached hydrogens (primary N) is 1. The molecule has 210 valence electrons. The van der Waals surface area contributed by atoms with Crippen LogP contribution >= 0.6 is 0 Å². The maximum absolute atomic E-state index is 13.9. The molecule has 0 bridgehead atoms. The Balaban J connectivity index is 1.30. The van der Waals surface area contributed by atoms with Crippen LogP contribution in [0.1, 0.15) is 22.6 Å². The molecule has 0 saturated heterocycles. The fourth-order valence-electron chi connectivity index (χ4n) is 4.40. The number of carbonyl (C=O) groups is 1. The molecule has 0 radical (unpaired) electrons. The van der Waals surface area contributed by atoms with Crippen LogP contribution in [0.4, 0.5) is 10.1 Å². The number of fused-ring (bicyclic) bond motifs is 1. The van der Waals surface area contributed by atoms with E-state index in [9.17, 15) is 24.6 Å². The minimum Gasteiger partial charge on any atom is -0.489 e. The lowest BCUT2D eigenvalue weighted by Gasteiger charge is -2.26. The van der Waals surface area contributed by atoms with E-state index in [0.29, 0.717) is 16.9 Å². The highest BCUT2D eigenvalue weighted by Gasteiger charge is 2.31. The molecule has 10 nitrogen and oxygen atoms in total. The molecule has 1 unspecified atom stereocenters. The van der Waals surface area contributed by atoms with E-state index in [1.54, 1.807) is 54.6 Å². The lowest BCUT2D eigenvalue weighted by Crippen LogP contribution is -2.21. The van der Waals surface area contributed by atoms with Gasteiger partial charge < -0.3 is 24.7 Å². The van der Waals surface area contributed by atoms with Gasteiger partial charge in [-0.1, -0.05) is 48.5 Å². The van der Waals surface area contributed by atoms with Crippen molar-refractivity contribution < 1.29 is 33.1 Å². The van der Waals surface area contributed by atoms with Gasteiger partial charge in [0, 0.05) is 23.3 Å². The number of nitro benzene ring substituents is 1. The molecular weight excluding hydrogens is 545 g/mol. The number of nitro groups is 1. The first-order valence-electron chi connectivity index (χ1n) is 12.6. The van der Waals surface area contributed by atoms with Crippen molar-refractivity contribution in [3.63, 3.8) is 0 Å². The van der Waals surface area contributed by atoms with Crippen LogP contribution in [-0.2, 0) is 11.4 Å². The number of para-hydroxylation sites is 2. The summed E-state index contributed by atoms with van der Waals surface area (Å²) >= 11 is 0. The van der Waals surface area contributed by atoms with Crippen molar-refractivity contribution in [2.24, 2.45) is 5.73 Å². The smallest absolute Gasteiger partial charge is 0.349 e. The summed E-state index contributed by atoms with van der Waals surface area (Å²) in [4.78, 5) is 22.9. The van der Waals surface area contributed by atoms with Crippen molar-refractivity contribution in [2.45, 2.75) is 12.5 Å². The van der Waals surface area contributed by atoms with Crippen LogP contribution in [-0.4, -0.2) is 17.5 Å². The number of nitrogens with zero attached hydrogens (tertiary/aromatic N) is 2. The molecular formula is C31H22FN3O7. The Morgan fingerprint density at radius 3 is 2.45 bits per heavy atom. The summed E-state index contributed by atoms with van der Waals surface area (Å²) < 4.78 is 35.9. The summed E-state index contributed by atoms with van der Waals surface area (Å²) in [5.41, 5.74) is 7.76. The molecule has 0 amide bonds. The Kier molecular flexibility index (Phi) is 7.97. The maximum atomic E-state index is 13.9. The minimum absolute atomic E-state index is 0.0528. The van der Waals surface area contributed by atoms with Gasteiger partial charge in [0.2, 0.25) is 5.88 Å². The van der Waals surface area contributed by atoms with Crippen molar-refractivity contribution in [3.05, 3.63) is 135 Å². The molecule has 0 spiro atoms. The Morgan fingerprint density at radius 1 is 1.00 bits per heavy atom. The van der Waals surface area contributed by atoms with Gasteiger partial charge in [-0.15, -0.1) is 0 Å². The second kappa shape index (κ2) is 12.1. The van der Waals surface area contributed by atoms with E-state index in [-0.39, 0.29) is 46.8 Å². The zero-order valence-corrected chi connectivity index (χ0v) is 21.9. The van der Waals surface area contributed by atoms with Crippen molar-refractivity contribution in [1.82, 2.24) is 0 Å². The van der Waals surface area contributed by atoms with Gasteiger partial charge in [-0.25, -0.2) is 9.18 Å². The van der Waals surface area contributed by atoms with Gasteiger partial charge in [-0.05, 0) is 35.9 Å². The van der Waals surface area contributed by atoms with Gasteiger partial charge in [0.25, 0.3) is 0 Å². The summed E-state index contributed by atoms with van der Waals surface area (Å²) in [6.45, 7) is -0.519. The fraction of sp³-hybridized carbons (Fsp3) is 0.0968. The molecule has 5 rings (SSSR count). The number of rotatable bonds is 9. The van der Waals surface area contributed by atoms with Crippen LogP contribution in [0.15, 0.2) is 102 Å². The standard InChI is InChI=1S/C31H22FN3O7/c32-25-6-2-1-5-20(25)17-39-21-11-9-19(10-12-21)30-23-14-13-22(15-28(23)42-31(34)24(30)16-33)41-29(36)18-40-27-8-4-3-7-26(27)35(37)38/h1-15,30H,17-18,34H2. The normalized spacial score (nSPS) is 13.8. The van der Waals surface area contributed by atoms with Crippen LogP contribution in [0.25, 0.3) is 0 Å². The number of esters is 1. The number of hydrogen-bond donors (Lipinski definition) is 1. The highest BCUT2D eigenvalue weighted by atomic mass is 19.1. The SMILES string of the molecule is N#CC1=C(N)Oc2cc(OC(=O)COc3ccccc3[N+](=O)[O-])ccc2C1c1ccc(OCc2ccccc2F)cc1. The van der Waals surface area contributed by atoms with Gasteiger partial charge >= 0.3 is 11.7 Å². The summed E-state index contributed by atoms with van der Waals surface area (Å²) in [6, 6.07) is 25.7. The van der Waals surface area contributed by atoms with Crippen molar-refractivity contribution in [3.8, 4) is 29.1 Å². The zero-order valence-electron chi connectivity index (χ0n) is 21.9. The maximum Gasteiger partial charge on any atom is 0.349 e. The van der Waals surface area contributed by atoms with E-state index < -0.39 is 23.4 Å². The first-order chi connectivity index (χ1) is 20.3. The summed E-state index contributed by atoms with van der Waals surface area (Å²) in [6.07, 6.45) is 0. The van der Waals surface area contributed by atoms with Gasteiger partial charge in [0.05, 0.1) is 10.8 Å². The Hall–Kier alpha value is -5.89. The van der Waals surface area contributed by atoms with Crippen molar-refractivity contribution >= 4 is 11.7 Å². The molecule has 11 heteroatoms. The topological polar surface area (TPSA) is 147 Å². The molecule has 0 fully saturated rings. The number of hydrogen-bond acceptors (Lipinski definition) is 9. The predicted molar refractivity (Wildman–Crippen MR) is 147 cm³/mol. The summed E-state index contributed by atoms with van der Waals surface area (Å²) in [7, 11) is 0. The summed E-state index contributed by atoms with van der Waals surface area (Å²) in [5.74, 6) is -0.992. The Labute approximate surface area is 239 Å². The van der Waals surface area contributed by atoms with E-state index >= 15 is 0 Å². The van der Waals surface area contributed by atoms with E-state index in [2.05, 4.69) is 6.07 Å². The highest BCUT2D eigenvalue weighted by Crippen LogP contribution is 2.43. The molecule has 4 aromatic rings. The fourth-order valence-corrected chi connectivity index (χ4v) is 4.40. The largest absolute Gasteiger partial charge is 0.489 e. The van der Waals surface area contributed by atoms with Crippen LogP contribution in [0, 0.1) is 27.3 Å². The van der Waals surface area contributed by atoms with E-state index in [0.717, 1.165) is 5.56 Å². The lowest BCUT2D eigenvalue weighted by molar-refractivity contribution is -0.385. The third-order valence-corrected chi connectivity index (χ3v) is 6.40. The molecule has 2 N–H and O–H groups in total. The van der Waals surface area contributed by atoms with Crippen LogP contribution in [0.2, 0.25) is 0 Å². The van der Waals surface area contributed by atoms with E-state index in [4.69, 9.17) is 24.7 Å². The van der Waals surface area contributed by atoms with Crippen LogP contribution < -0.4 is 24.7 Å². The first-order valence-corrected chi connectivity index (χ1v) is 12.6. The lowest BCUT2D eigenvalue weighted by atomic mass is 9.83.